The lowest BCUT2D eigenvalue weighted by atomic mass is 10.1. The van der Waals surface area contributed by atoms with E-state index in [-0.39, 0.29) is 4.90 Å². The molecule has 0 radical (unpaired) electrons. The summed E-state index contributed by atoms with van der Waals surface area (Å²) in [5.41, 5.74) is 4.82. The van der Waals surface area contributed by atoms with Crippen LogP contribution in [0.3, 0.4) is 0 Å². The highest BCUT2D eigenvalue weighted by atomic mass is 32.2. The van der Waals surface area contributed by atoms with Gasteiger partial charge in [-0.05, 0) is 61.4 Å². The minimum atomic E-state index is -3.57. The molecule has 3 rings (SSSR count). The Kier molecular flexibility index (Phi) is 4.76. The van der Waals surface area contributed by atoms with E-state index in [9.17, 15) is 8.42 Å². The van der Waals surface area contributed by atoms with E-state index < -0.39 is 10.0 Å². The molecule has 3 aromatic carbocycles. The Hall–Kier alpha value is -2.79. The van der Waals surface area contributed by atoms with Gasteiger partial charge in [0.1, 0.15) is 0 Å². The van der Waals surface area contributed by atoms with Crippen LogP contribution in [-0.4, -0.2) is 8.42 Å². The molecule has 0 aliphatic rings. The predicted molar refractivity (Wildman–Crippen MR) is 103 cm³/mol. The van der Waals surface area contributed by atoms with E-state index >= 15 is 0 Å². The molecule has 5 heteroatoms. The minimum Gasteiger partial charge on any atom is -0.355 e. The summed E-state index contributed by atoms with van der Waals surface area (Å²) in [4.78, 5) is 0.243. The highest BCUT2D eigenvalue weighted by Crippen LogP contribution is 2.25. The van der Waals surface area contributed by atoms with Crippen LogP contribution in [0.15, 0.2) is 77.7 Å². The van der Waals surface area contributed by atoms with Crippen LogP contribution < -0.4 is 10.0 Å². The van der Waals surface area contributed by atoms with Gasteiger partial charge in [0, 0.05) is 17.1 Å². The molecule has 0 amide bonds. The predicted octanol–water partition coefficient (Wildman–Crippen LogP) is 4.85. The molecule has 2 N–H and O–H groups in total. The Morgan fingerprint density at radius 1 is 0.680 bits per heavy atom. The van der Waals surface area contributed by atoms with E-state index in [1.165, 1.54) is 0 Å². The zero-order chi connectivity index (χ0) is 17.9. The van der Waals surface area contributed by atoms with Crippen LogP contribution in [0, 0.1) is 13.8 Å². The number of benzene rings is 3. The van der Waals surface area contributed by atoms with Gasteiger partial charge < -0.3 is 5.32 Å². The molecule has 3 aromatic rings. The summed E-state index contributed by atoms with van der Waals surface area (Å²) < 4.78 is 27.3. The van der Waals surface area contributed by atoms with Gasteiger partial charge in [0.15, 0.2) is 0 Å². The van der Waals surface area contributed by atoms with Gasteiger partial charge in [0.2, 0.25) is 0 Å². The monoisotopic (exact) mass is 352 g/mol. The number of aryl methyl sites for hydroxylation is 2. The van der Waals surface area contributed by atoms with E-state index in [0.717, 1.165) is 22.5 Å². The van der Waals surface area contributed by atoms with Gasteiger partial charge in [0.25, 0.3) is 10.0 Å². The average molecular weight is 352 g/mol. The molecule has 0 atom stereocenters. The summed E-state index contributed by atoms with van der Waals surface area (Å²) in [5, 5.41) is 3.38. The zero-order valence-corrected chi connectivity index (χ0v) is 15.0. The SMILES string of the molecule is Cc1cccc(C)c1Nc1ccc(NS(=O)(=O)c2ccccc2)cc1. The molecule has 0 aliphatic heterocycles. The highest BCUT2D eigenvalue weighted by Gasteiger charge is 2.13. The van der Waals surface area contributed by atoms with Crippen LogP contribution in [0.25, 0.3) is 0 Å². The molecule has 128 valence electrons. The molecule has 0 saturated heterocycles. The summed E-state index contributed by atoms with van der Waals surface area (Å²) >= 11 is 0. The number of sulfonamides is 1. The van der Waals surface area contributed by atoms with Crippen LogP contribution in [0.2, 0.25) is 0 Å². The Morgan fingerprint density at radius 3 is 1.84 bits per heavy atom. The Bertz CT molecular complexity index is 946. The second-order valence-corrected chi connectivity index (χ2v) is 7.57. The third kappa shape index (κ3) is 4.00. The molecular weight excluding hydrogens is 332 g/mol. The third-order valence-electron chi connectivity index (χ3n) is 3.94. The molecule has 0 fully saturated rings. The lowest BCUT2D eigenvalue weighted by Crippen LogP contribution is -2.12. The van der Waals surface area contributed by atoms with Crippen LogP contribution in [-0.2, 0) is 10.0 Å². The molecule has 4 nitrogen and oxygen atoms in total. The second kappa shape index (κ2) is 6.99. The van der Waals surface area contributed by atoms with Crippen molar-refractivity contribution in [3.05, 3.63) is 83.9 Å². The molecule has 0 bridgehead atoms. The van der Waals surface area contributed by atoms with Gasteiger partial charge in [-0.15, -0.1) is 0 Å². The third-order valence-corrected chi connectivity index (χ3v) is 5.34. The van der Waals surface area contributed by atoms with Gasteiger partial charge in [-0.2, -0.15) is 0 Å². The van der Waals surface area contributed by atoms with Crippen LogP contribution in [0.5, 0.6) is 0 Å². The van der Waals surface area contributed by atoms with Crippen molar-refractivity contribution in [2.75, 3.05) is 10.0 Å². The smallest absolute Gasteiger partial charge is 0.261 e. The summed E-state index contributed by atoms with van der Waals surface area (Å²) in [5.74, 6) is 0. The van der Waals surface area contributed by atoms with Gasteiger partial charge in [-0.25, -0.2) is 8.42 Å². The molecule has 0 saturated carbocycles. The van der Waals surface area contributed by atoms with Gasteiger partial charge in [-0.1, -0.05) is 36.4 Å². The van der Waals surface area contributed by atoms with Crippen molar-refractivity contribution < 1.29 is 8.42 Å². The fourth-order valence-electron chi connectivity index (χ4n) is 2.59. The maximum Gasteiger partial charge on any atom is 0.261 e. The summed E-state index contributed by atoms with van der Waals surface area (Å²) in [6.45, 7) is 4.11. The van der Waals surface area contributed by atoms with Gasteiger partial charge >= 0.3 is 0 Å². The van der Waals surface area contributed by atoms with Crippen LogP contribution in [0.4, 0.5) is 17.1 Å². The second-order valence-electron chi connectivity index (χ2n) is 5.89. The quantitative estimate of drug-likeness (QED) is 0.690. The summed E-state index contributed by atoms with van der Waals surface area (Å²) in [6, 6.07) is 21.7. The molecule has 0 unspecified atom stereocenters. The molecule has 25 heavy (non-hydrogen) atoms. The fourth-order valence-corrected chi connectivity index (χ4v) is 3.67. The largest absolute Gasteiger partial charge is 0.355 e. The maximum absolute atomic E-state index is 12.3. The van der Waals surface area contributed by atoms with E-state index in [4.69, 9.17) is 0 Å². The lowest BCUT2D eigenvalue weighted by Gasteiger charge is -2.13. The van der Waals surface area contributed by atoms with Crippen molar-refractivity contribution in [2.24, 2.45) is 0 Å². The van der Waals surface area contributed by atoms with E-state index in [1.807, 2.05) is 18.2 Å². The number of para-hydroxylation sites is 1. The zero-order valence-electron chi connectivity index (χ0n) is 14.2. The van der Waals surface area contributed by atoms with Gasteiger partial charge in [-0.3, -0.25) is 4.72 Å². The molecule has 0 aromatic heterocycles. The number of anilines is 3. The topological polar surface area (TPSA) is 58.2 Å². The van der Waals surface area contributed by atoms with E-state index in [0.29, 0.717) is 5.69 Å². The fraction of sp³-hybridized carbons (Fsp3) is 0.100. The minimum absolute atomic E-state index is 0.243. The van der Waals surface area contributed by atoms with Gasteiger partial charge in [0.05, 0.1) is 4.90 Å². The van der Waals surface area contributed by atoms with E-state index in [2.05, 4.69) is 36.0 Å². The summed E-state index contributed by atoms with van der Waals surface area (Å²) in [6.07, 6.45) is 0. The van der Waals surface area contributed by atoms with Crippen molar-refractivity contribution in [1.29, 1.82) is 0 Å². The van der Waals surface area contributed by atoms with Crippen molar-refractivity contribution in [2.45, 2.75) is 18.7 Å². The number of hydrogen-bond acceptors (Lipinski definition) is 3. The number of hydrogen-bond donors (Lipinski definition) is 2. The Morgan fingerprint density at radius 2 is 1.24 bits per heavy atom. The van der Waals surface area contributed by atoms with Crippen molar-refractivity contribution in [3.63, 3.8) is 0 Å². The normalized spacial score (nSPS) is 11.1. The molecule has 0 aliphatic carbocycles. The first-order valence-corrected chi connectivity index (χ1v) is 9.45. The first-order valence-electron chi connectivity index (χ1n) is 7.97. The van der Waals surface area contributed by atoms with Crippen molar-refractivity contribution in [3.8, 4) is 0 Å². The Labute approximate surface area is 148 Å². The Balaban J connectivity index is 1.77. The van der Waals surface area contributed by atoms with E-state index in [1.54, 1.807) is 42.5 Å². The average Bonchev–Trinajstić information content (AvgIpc) is 2.60. The molecule has 0 heterocycles. The standard InChI is InChI=1S/C20H20N2O2S/c1-15-7-6-8-16(2)20(15)21-17-11-13-18(14-12-17)22-25(23,24)19-9-4-3-5-10-19/h3-14,21-22H,1-2H3. The van der Waals surface area contributed by atoms with Crippen molar-refractivity contribution >= 4 is 27.1 Å². The first kappa shape index (κ1) is 17.0. The maximum atomic E-state index is 12.3. The van der Waals surface area contributed by atoms with Crippen molar-refractivity contribution in [1.82, 2.24) is 0 Å². The molecule has 0 spiro atoms. The first-order chi connectivity index (χ1) is 12.0. The van der Waals surface area contributed by atoms with Crippen LogP contribution in [0.1, 0.15) is 11.1 Å². The number of rotatable bonds is 5. The lowest BCUT2D eigenvalue weighted by molar-refractivity contribution is 0.601. The highest BCUT2D eigenvalue weighted by molar-refractivity contribution is 7.92. The molecular formula is C20H20N2O2S. The summed E-state index contributed by atoms with van der Waals surface area (Å²) in [7, 11) is -3.57. The number of nitrogens with one attached hydrogen (secondary N) is 2. The van der Waals surface area contributed by atoms with Crippen LogP contribution >= 0.6 is 0 Å².